The number of benzene rings is 2. The first-order chi connectivity index (χ1) is 11.5. The van der Waals surface area contributed by atoms with E-state index in [9.17, 15) is 9.18 Å². The highest BCUT2D eigenvalue weighted by molar-refractivity contribution is 9.10. The smallest absolute Gasteiger partial charge is 0.255 e. The number of hydrogen-bond acceptors (Lipinski definition) is 3. The van der Waals surface area contributed by atoms with Crippen molar-refractivity contribution in [2.45, 2.75) is 13.0 Å². The number of nitrogens with zero attached hydrogens (tertiary/aromatic N) is 1. The Morgan fingerprint density at radius 2 is 1.79 bits per heavy atom. The topological polar surface area (TPSA) is 38.8 Å². The Labute approximate surface area is 148 Å². The van der Waals surface area contributed by atoms with Crippen molar-refractivity contribution in [3.05, 3.63) is 57.3 Å². The number of ether oxygens (including phenoxy) is 2. The fourth-order valence-corrected chi connectivity index (χ4v) is 3.41. The molecule has 1 aliphatic rings. The van der Waals surface area contributed by atoms with Gasteiger partial charge in [-0.15, -0.1) is 0 Å². The van der Waals surface area contributed by atoms with Gasteiger partial charge in [-0.05, 0) is 63.8 Å². The molecule has 0 unspecified atom stereocenters. The standard InChI is InChI=1S/C18H17BrFNO3/c1-23-16-7-11-5-6-21(10-12(11)8-17(16)24-2)18(22)14-4-3-13(20)9-15(14)19/h3-4,7-9H,5-6,10H2,1-2H3. The van der Waals surface area contributed by atoms with Crippen LogP contribution >= 0.6 is 15.9 Å². The van der Waals surface area contributed by atoms with Crippen LogP contribution in [0.2, 0.25) is 0 Å². The molecule has 0 bridgehead atoms. The van der Waals surface area contributed by atoms with Crippen LogP contribution in [0.1, 0.15) is 21.5 Å². The lowest BCUT2D eigenvalue weighted by Crippen LogP contribution is -2.36. The van der Waals surface area contributed by atoms with Gasteiger partial charge in [-0.2, -0.15) is 0 Å². The highest BCUT2D eigenvalue weighted by atomic mass is 79.9. The van der Waals surface area contributed by atoms with Gasteiger partial charge in [0.2, 0.25) is 0 Å². The quantitative estimate of drug-likeness (QED) is 0.795. The Morgan fingerprint density at radius 1 is 1.12 bits per heavy atom. The molecule has 0 aliphatic carbocycles. The predicted octanol–water partition coefficient (Wildman–Crippen LogP) is 3.80. The van der Waals surface area contributed by atoms with Crippen LogP contribution in [-0.2, 0) is 13.0 Å². The molecule has 0 atom stereocenters. The summed E-state index contributed by atoms with van der Waals surface area (Å²) in [6, 6.07) is 7.98. The number of hydrogen-bond donors (Lipinski definition) is 0. The number of amides is 1. The molecule has 126 valence electrons. The second kappa shape index (κ2) is 6.81. The van der Waals surface area contributed by atoms with Crippen molar-refractivity contribution in [1.82, 2.24) is 4.90 Å². The largest absolute Gasteiger partial charge is 0.493 e. The first-order valence-corrected chi connectivity index (χ1v) is 8.31. The van der Waals surface area contributed by atoms with E-state index in [-0.39, 0.29) is 11.7 Å². The molecule has 1 amide bonds. The summed E-state index contributed by atoms with van der Waals surface area (Å²) in [5.74, 6) is 0.840. The molecule has 2 aromatic rings. The van der Waals surface area contributed by atoms with Crippen LogP contribution in [0.25, 0.3) is 0 Å². The summed E-state index contributed by atoms with van der Waals surface area (Å²) in [7, 11) is 3.20. The SMILES string of the molecule is COc1cc2c(cc1OC)CN(C(=O)c1ccc(F)cc1Br)CC2. The van der Waals surface area contributed by atoms with E-state index in [1.165, 1.54) is 18.2 Å². The highest BCUT2D eigenvalue weighted by Gasteiger charge is 2.25. The molecule has 0 saturated carbocycles. The van der Waals surface area contributed by atoms with Gasteiger partial charge in [-0.25, -0.2) is 4.39 Å². The van der Waals surface area contributed by atoms with E-state index in [1.807, 2.05) is 12.1 Å². The minimum absolute atomic E-state index is 0.123. The molecule has 2 aromatic carbocycles. The minimum Gasteiger partial charge on any atom is -0.493 e. The van der Waals surface area contributed by atoms with E-state index in [1.54, 1.807) is 19.1 Å². The number of halogens is 2. The number of fused-ring (bicyclic) bond motifs is 1. The Bertz CT molecular complexity index is 794. The highest BCUT2D eigenvalue weighted by Crippen LogP contribution is 2.33. The predicted molar refractivity (Wildman–Crippen MR) is 92.1 cm³/mol. The normalized spacial score (nSPS) is 13.4. The van der Waals surface area contributed by atoms with E-state index >= 15 is 0 Å². The second-order valence-corrected chi connectivity index (χ2v) is 6.43. The third-order valence-electron chi connectivity index (χ3n) is 4.17. The van der Waals surface area contributed by atoms with Crippen LogP contribution in [0.4, 0.5) is 4.39 Å². The van der Waals surface area contributed by atoms with Crippen molar-refractivity contribution in [2.24, 2.45) is 0 Å². The first kappa shape index (κ1) is 16.8. The van der Waals surface area contributed by atoms with Crippen LogP contribution in [0, 0.1) is 5.82 Å². The summed E-state index contributed by atoms with van der Waals surface area (Å²) in [6.45, 7) is 1.09. The summed E-state index contributed by atoms with van der Waals surface area (Å²) in [5.41, 5.74) is 2.64. The summed E-state index contributed by atoms with van der Waals surface area (Å²) in [4.78, 5) is 14.5. The third-order valence-corrected chi connectivity index (χ3v) is 4.82. The van der Waals surface area contributed by atoms with Crippen LogP contribution in [0.3, 0.4) is 0 Å². The molecule has 4 nitrogen and oxygen atoms in total. The number of carbonyl (C=O) groups is 1. The van der Waals surface area contributed by atoms with Gasteiger partial charge in [0, 0.05) is 17.6 Å². The summed E-state index contributed by atoms with van der Waals surface area (Å²) in [6.07, 6.45) is 0.736. The first-order valence-electron chi connectivity index (χ1n) is 7.51. The van der Waals surface area contributed by atoms with Gasteiger partial charge in [-0.1, -0.05) is 0 Å². The Balaban J connectivity index is 1.88. The lowest BCUT2D eigenvalue weighted by atomic mass is 9.98. The molecule has 0 saturated heterocycles. The monoisotopic (exact) mass is 393 g/mol. The van der Waals surface area contributed by atoms with Crippen LogP contribution in [-0.4, -0.2) is 31.6 Å². The van der Waals surface area contributed by atoms with Gasteiger partial charge in [-0.3, -0.25) is 4.79 Å². The molecular weight excluding hydrogens is 377 g/mol. The van der Waals surface area contributed by atoms with Gasteiger partial charge in [0.25, 0.3) is 5.91 Å². The van der Waals surface area contributed by atoms with Gasteiger partial charge < -0.3 is 14.4 Å². The zero-order chi connectivity index (χ0) is 17.3. The summed E-state index contributed by atoms with van der Waals surface area (Å²) in [5, 5.41) is 0. The van der Waals surface area contributed by atoms with E-state index in [0.717, 1.165) is 17.5 Å². The molecule has 0 spiro atoms. The fourth-order valence-electron chi connectivity index (χ4n) is 2.89. The fraction of sp³-hybridized carbons (Fsp3) is 0.278. The van der Waals surface area contributed by atoms with E-state index in [4.69, 9.17) is 9.47 Å². The zero-order valence-corrected chi connectivity index (χ0v) is 15.0. The van der Waals surface area contributed by atoms with E-state index < -0.39 is 0 Å². The molecule has 6 heteroatoms. The molecular formula is C18H17BrFNO3. The van der Waals surface area contributed by atoms with Crippen LogP contribution < -0.4 is 9.47 Å². The van der Waals surface area contributed by atoms with Crippen molar-refractivity contribution in [3.63, 3.8) is 0 Å². The van der Waals surface area contributed by atoms with Gasteiger partial charge in [0.15, 0.2) is 11.5 Å². The zero-order valence-electron chi connectivity index (χ0n) is 13.4. The molecule has 0 aromatic heterocycles. The Kier molecular flexibility index (Phi) is 4.76. The van der Waals surface area contributed by atoms with Gasteiger partial charge in [0.05, 0.1) is 19.8 Å². The molecule has 24 heavy (non-hydrogen) atoms. The molecule has 3 rings (SSSR count). The second-order valence-electron chi connectivity index (χ2n) is 5.58. The number of methoxy groups -OCH3 is 2. The van der Waals surface area contributed by atoms with Crippen molar-refractivity contribution < 1.29 is 18.7 Å². The average Bonchev–Trinajstić information content (AvgIpc) is 2.59. The van der Waals surface area contributed by atoms with E-state index in [2.05, 4.69) is 15.9 Å². The maximum atomic E-state index is 13.2. The average molecular weight is 394 g/mol. The van der Waals surface area contributed by atoms with E-state index in [0.29, 0.717) is 34.6 Å². The van der Waals surface area contributed by atoms with Crippen molar-refractivity contribution in [1.29, 1.82) is 0 Å². The number of rotatable bonds is 3. The summed E-state index contributed by atoms with van der Waals surface area (Å²) < 4.78 is 24.4. The lowest BCUT2D eigenvalue weighted by Gasteiger charge is -2.30. The Morgan fingerprint density at radius 3 is 2.42 bits per heavy atom. The Hall–Kier alpha value is -2.08. The maximum absolute atomic E-state index is 13.2. The molecule has 0 fully saturated rings. The molecule has 0 N–H and O–H groups in total. The van der Waals surface area contributed by atoms with Gasteiger partial charge in [0.1, 0.15) is 5.82 Å². The molecule has 1 aliphatic heterocycles. The molecule has 1 heterocycles. The number of carbonyl (C=O) groups excluding carboxylic acids is 1. The van der Waals surface area contributed by atoms with Crippen molar-refractivity contribution >= 4 is 21.8 Å². The third kappa shape index (κ3) is 3.11. The van der Waals surface area contributed by atoms with Crippen LogP contribution in [0.5, 0.6) is 11.5 Å². The van der Waals surface area contributed by atoms with Crippen molar-refractivity contribution in [2.75, 3.05) is 20.8 Å². The summed E-state index contributed by atoms with van der Waals surface area (Å²) >= 11 is 3.26. The minimum atomic E-state index is -0.376. The van der Waals surface area contributed by atoms with Gasteiger partial charge >= 0.3 is 0 Å². The lowest BCUT2D eigenvalue weighted by molar-refractivity contribution is 0.0733. The molecule has 0 radical (unpaired) electrons. The maximum Gasteiger partial charge on any atom is 0.255 e. The van der Waals surface area contributed by atoms with Crippen LogP contribution in [0.15, 0.2) is 34.8 Å². The van der Waals surface area contributed by atoms with Crippen molar-refractivity contribution in [3.8, 4) is 11.5 Å².